The molecule has 3 unspecified atom stereocenters. The monoisotopic (exact) mass is 486 g/mol. The molecule has 3 aliphatic heterocycles. The lowest BCUT2D eigenvalue weighted by Gasteiger charge is -2.43. The minimum Gasteiger partial charge on any atom is -0.509 e. The van der Waals surface area contributed by atoms with Gasteiger partial charge in [-0.25, -0.2) is 4.39 Å². The van der Waals surface area contributed by atoms with Gasteiger partial charge in [-0.2, -0.15) is 0 Å². The zero-order valence-corrected chi connectivity index (χ0v) is 19.5. The van der Waals surface area contributed by atoms with Gasteiger partial charge in [0.05, 0.1) is 11.8 Å². The Labute approximate surface area is 201 Å². The van der Waals surface area contributed by atoms with Crippen molar-refractivity contribution in [2.75, 3.05) is 13.6 Å². The fourth-order valence-electron chi connectivity index (χ4n) is 4.25. The summed E-state index contributed by atoms with van der Waals surface area (Å²) in [5, 5.41) is 25.6. The van der Waals surface area contributed by atoms with Crippen molar-refractivity contribution in [3.8, 4) is 0 Å². The smallest absolute Gasteiger partial charge is 0.288 e. The second-order valence-electron chi connectivity index (χ2n) is 9.35. The largest absolute Gasteiger partial charge is 0.509 e. The van der Waals surface area contributed by atoms with E-state index in [-0.39, 0.29) is 29.8 Å². The molecule has 0 fully saturated rings. The molecule has 35 heavy (non-hydrogen) atoms. The van der Waals surface area contributed by atoms with Gasteiger partial charge in [0.2, 0.25) is 5.76 Å². The number of hydrogen-bond donors (Lipinski definition) is 4. The third-order valence-electron chi connectivity index (χ3n) is 6.02. The van der Waals surface area contributed by atoms with Crippen molar-refractivity contribution in [2.45, 2.75) is 44.4 Å². The Morgan fingerprint density at radius 2 is 2.09 bits per heavy atom. The van der Waals surface area contributed by atoms with Gasteiger partial charge in [-0.15, -0.1) is 0 Å². The summed E-state index contributed by atoms with van der Waals surface area (Å²) >= 11 is 0. The molecule has 4 aliphatic rings. The van der Waals surface area contributed by atoms with E-state index in [1.54, 1.807) is 6.08 Å². The predicted molar refractivity (Wildman–Crippen MR) is 123 cm³/mol. The first-order valence-corrected chi connectivity index (χ1v) is 11.2. The molecule has 3 atom stereocenters. The Kier molecular flexibility index (Phi) is 6.37. The predicted octanol–water partition coefficient (Wildman–Crippen LogP) is 1.04. The minimum absolute atomic E-state index is 0.0692. The van der Waals surface area contributed by atoms with E-state index in [0.717, 1.165) is 0 Å². The molecule has 0 aromatic carbocycles. The first kappa shape index (κ1) is 24.4. The number of halogens is 1. The van der Waals surface area contributed by atoms with E-state index < -0.39 is 46.7 Å². The second kappa shape index (κ2) is 9.14. The molecular formula is C24H27FN4O6. The van der Waals surface area contributed by atoms with Crippen LogP contribution in [-0.2, 0) is 19.1 Å². The number of ether oxygens (including phenoxy) is 1. The molecule has 1 aliphatic carbocycles. The van der Waals surface area contributed by atoms with Crippen LogP contribution in [0.1, 0.15) is 26.7 Å². The van der Waals surface area contributed by atoms with Crippen LogP contribution in [0.25, 0.3) is 0 Å². The van der Waals surface area contributed by atoms with Crippen molar-refractivity contribution in [3.63, 3.8) is 0 Å². The maximum atomic E-state index is 13.4. The van der Waals surface area contributed by atoms with Crippen molar-refractivity contribution in [1.29, 1.82) is 0 Å². The Bertz CT molecular complexity index is 1160. The van der Waals surface area contributed by atoms with Crippen LogP contribution in [0.3, 0.4) is 0 Å². The maximum absolute atomic E-state index is 13.4. The van der Waals surface area contributed by atoms with Crippen LogP contribution in [0.15, 0.2) is 63.7 Å². The molecular weight excluding hydrogens is 459 g/mol. The van der Waals surface area contributed by atoms with E-state index in [1.165, 1.54) is 50.4 Å². The first-order valence-electron chi connectivity index (χ1n) is 11.2. The van der Waals surface area contributed by atoms with E-state index in [9.17, 15) is 29.0 Å². The summed E-state index contributed by atoms with van der Waals surface area (Å²) < 4.78 is 19.4. The normalized spacial score (nSPS) is 25.6. The fourth-order valence-corrected chi connectivity index (χ4v) is 4.25. The number of aliphatic hydroxyl groups excluding tert-OH is 1. The summed E-state index contributed by atoms with van der Waals surface area (Å²) in [5.41, 5.74) is -1.08. The zero-order chi connectivity index (χ0) is 25.5. The lowest BCUT2D eigenvalue weighted by Crippen LogP contribution is -2.56. The lowest BCUT2D eigenvalue weighted by molar-refractivity contribution is -0.133. The summed E-state index contributed by atoms with van der Waals surface area (Å²) in [6.07, 6.45) is 8.07. The molecule has 0 radical (unpaired) electrons. The van der Waals surface area contributed by atoms with Crippen LogP contribution in [0, 0.1) is 5.92 Å². The highest BCUT2D eigenvalue weighted by atomic mass is 19.1. The molecule has 0 saturated carbocycles. The average molecular weight is 487 g/mol. The number of aliphatic imine (C=N–C) groups is 1. The van der Waals surface area contributed by atoms with Crippen molar-refractivity contribution in [2.24, 2.45) is 10.9 Å². The quantitative estimate of drug-likeness (QED) is 0.414. The van der Waals surface area contributed by atoms with Crippen molar-refractivity contribution < 1.29 is 33.7 Å². The lowest BCUT2D eigenvalue weighted by atomic mass is 9.85. The number of allylic oxidation sites excluding steroid dienone is 5. The molecule has 4 N–H and O–H groups in total. The first-order chi connectivity index (χ1) is 16.5. The Balaban J connectivity index is 1.74. The molecule has 0 bridgehead atoms. The molecule has 0 aromatic rings. The Hall–Kier alpha value is -3.73. The van der Waals surface area contributed by atoms with Gasteiger partial charge in [0.1, 0.15) is 35.0 Å². The number of amides is 3. The van der Waals surface area contributed by atoms with Crippen LogP contribution in [0.5, 0.6) is 0 Å². The minimum atomic E-state index is -1.18. The van der Waals surface area contributed by atoms with Gasteiger partial charge in [0.15, 0.2) is 0 Å². The molecule has 4 rings (SSSR count). The van der Waals surface area contributed by atoms with E-state index in [2.05, 4.69) is 15.6 Å². The Morgan fingerprint density at radius 3 is 2.71 bits per heavy atom. The van der Waals surface area contributed by atoms with E-state index in [0.29, 0.717) is 18.4 Å². The average Bonchev–Trinajstić information content (AvgIpc) is 2.82. The topological polar surface area (TPSA) is 141 Å². The number of aliphatic hydroxyl groups is 2. The second-order valence-corrected chi connectivity index (χ2v) is 9.35. The van der Waals surface area contributed by atoms with E-state index >= 15 is 0 Å². The molecule has 3 heterocycles. The number of nitrogens with one attached hydrogen (secondary N) is 2. The number of likely N-dealkylation sites (N-methyl/N-ethyl adjacent to an activating group) is 1. The molecule has 3 amide bonds. The highest BCUT2D eigenvalue weighted by molar-refractivity contribution is 6.20. The maximum Gasteiger partial charge on any atom is 0.288 e. The summed E-state index contributed by atoms with van der Waals surface area (Å²) in [5.74, 6) is -3.13. The molecule has 10 nitrogen and oxygen atoms in total. The summed E-state index contributed by atoms with van der Waals surface area (Å²) in [4.78, 5) is 44.0. The number of carbonyl (C=O) groups is 3. The third kappa shape index (κ3) is 4.76. The molecule has 11 heteroatoms. The summed E-state index contributed by atoms with van der Waals surface area (Å²) in [6.45, 7) is 2.97. The Morgan fingerprint density at radius 1 is 1.34 bits per heavy atom. The van der Waals surface area contributed by atoms with Crippen LogP contribution in [0.2, 0.25) is 0 Å². The van der Waals surface area contributed by atoms with Crippen LogP contribution in [-0.4, -0.2) is 70.3 Å². The van der Waals surface area contributed by atoms with Gasteiger partial charge in [-0.1, -0.05) is 6.08 Å². The molecule has 186 valence electrons. The van der Waals surface area contributed by atoms with Crippen LogP contribution in [0.4, 0.5) is 4.39 Å². The molecule has 0 saturated heterocycles. The van der Waals surface area contributed by atoms with Crippen LogP contribution >= 0.6 is 0 Å². The zero-order valence-electron chi connectivity index (χ0n) is 19.5. The van der Waals surface area contributed by atoms with E-state index in [4.69, 9.17) is 4.74 Å². The SMILES string of the molecule is CNC(=O)C1=C(O)C2N=CC(CC3C=CC(F)=CC3)=C3OC(C(=O)NCC(C)(C)O)=CN(C1=O)C32. The number of hydrogen-bond acceptors (Lipinski definition) is 7. The van der Waals surface area contributed by atoms with Gasteiger partial charge >= 0.3 is 0 Å². The highest BCUT2D eigenvalue weighted by Crippen LogP contribution is 2.40. The van der Waals surface area contributed by atoms with Gasteiger partial charge in [-0.05, 0) is 44.8 Å². The van der Waals surface area contributed by atoms with Crippen molar-refractivity contribution in [3.05, 3.63) is 58.7 Å². The summed E-state index contributed by atoms with van der Waals surface area (Å²) in [6, 6.07) is -1.91. The van der Waals surface area contributed by atoms with Crippen molar-refractivity contribution >= 4 is 23.9 Å². The van der Waals surface area contributed by atoms with Gasteiger partial charge in [0, 0.05) is 25.4 Å². The molecule has 0 aromatic heterocycles. The molecule has 0 spiro atoms. The highest BCUT2D eigenvalue weighted by Gasteiger charge is 2.50. The number of dihydropyridines is 1. The summed E-state index contributed by atoms with van der Waals surface area (Å²) in [7, 11) is 1.33. The van der Waals surface area contributed by atoms with E-state index in [1.807, 2.05) is 0 Å². The third-order valence-corrected chi connectivity index (χ3v) is 6.02. The number of nitrogens with zero attached hydrogens (tertiary/aromatic N) is 2. The van der Waals surface area contributed by atoms with Gasteiger partial charge in [0.25, 0.3) is 17.7 Å². The fraction of sp³-hybridized carbons (Fsp3) is 0.417. The van der Waals surface area contributed by atoms with Crippen molar-refractivity contribution in [1.82, 2.24) is 15.5 Å². The number of carbonyl (C=O) groups excluding carboxylic acids is 3. The van der Waals surface area contributed by atoms with Crippen LogP contribution < -0.4 is 10.6 Å². The standard InChI is InChI=1S/C24H27FN4O6/c1-24(2,34)11-28-21(31)15-10-29-18-17(19(30)16(23(29)33)22(32)26-3)27-9-13(20(18)35-15)8-12-4-6-14(25)7-5-12/h4,6-7,9-10,12,17-18,30,34H,5,8,11H2,1-3H3,(H,26,32)(H,28,31). The van der Waals surface area contributed by atoms with Gasteiger partial charge in [-0.3, -0.25) is 24.3 Å². The number of rotatable bonds is 6. The van der Waals surface area contributed by atoms with Gasteiger partial charge < -0.3 is 25.6 Å².